The number of aromatic nitrogens is 3. The zero-order chi connectivity index (χ0) is 16.2. The van der Waals surface area contributed by atoms with Crippen molar-refractivity contribution in [2.24, 2.45) is 0 Å². The van der Waals surface area contributed by atoms with Crippen LogP contribution in [0.25, 0.3) is 0 Å². The second-order valence-electron chi connectivity index (χ2n) is 4.55. The van der Waals surface area contributed by atoms with E-state index >= 15 is 0 Å². The summed E-state index contributed by atoms with van der Waals surface area (Å²) in [6.45, 7) is 0. The fraction of sp³-hybridized carbons (Fsp3) is 0. The van der Waals surface area contributed by atoms with Gasteiger partial charge in [0.1, 0.15) is 0 Å². The summed E-state index contributed by atoms with van der Waals surface area (Å²) in [7, 11) is 0. The molecular formula is C15H10Cl3N5. The van der Waals surface area contributed by atoms with Crippen LogP contribution in [0.3, 0.4) is 0 Å². The molecule has 1 heterocycles. The molecule has 3 rings (SSSR count). The number of nitrogens with zero attached hydrogens (tertiary/aromatic N) is 3. The van der Waals surface area contributed by atoms with E-state index in [1.165, 1.54) is 6.20 Å². The molecule has 2 N–H and O–H groups in total. The van der Waals surface area contributed by atoms with Crippen molar-refractivity contribution < 1.29 is 0 Å². The van der Waals surface area contributed by atoms with E-state index in [9.17, 15) is 0 Å². The Balaban J connectivity index is 1.81. The van der Waals surface area contributed by atoms with Gasteiger partial charge in [-0.2, -0.15) is 10.1 Å². The van der Waals surface area contributed by atoms with E-state index in [2.05, 4.69) is 25.8 Å². The molecule has 0 aliphatic rings. The Bertz CT molecular complexity index is 821. The summed E-state index contributed by atoms with van der Waals surface area (Å²) in [5.74, 6) is 0.809. The Labute approximate surface area is 147 Å². The van der Waals surface area contributed by atoms with E-state index in [1.54, 1.807) is 24.3 Å². The summed E-state index contributed by atoms with van der Waals surface area (Å²) in [6, 6.07) is 12.4. The van der Waals surface area contributed by atoms with E-state index in [1.807, 2.05) is 18.2 Å². The molecular weight excluding hydrogens is 357 g/mol. The van der Waals surface area contributed by atoms with Gasteiger partial charge >= 0.3 is 0 Å². The highest BCUT2D eigenvalue weighted by molar-refractivity contribution is 6.35. The zero-order valence-corrected chi connectivity index (χ0v) is 13.9. The highest BCUT2D eigenvalue weighted by Crippen LogP contribution is 2.26. The lowest BCUT2D eigenvalue weighted by atomic mass is 10.3. The molecule has 23 heavy (non-hydrogen) atoms. The summed E-state index contributed by atoms with van der Waals surface area (Å²) in [5.41, 5.74) is 1.39. The highest BCUT2D eigenvalue weighted by atomic mass is 35.5. The van der Waals surface area contributed by atoms with Crippen LogP contribution in [0, 0.1) is 0 Å². The molecule has 0 amide bonds. The fourth-order valence-corrected chi connectivity index (χ4v) is 2.58. The molecule has 8 heteroatoms. The van der Waals surface area contributed by atoms with Crippen molar-refractivity contribution >= 4 is 57.9 Å². The second kappa shape index (κ2) is 7.00. The van der Waals surface area contributed by atoms with Crippen LogP contribution in [0.4, 0.5) is 23.1 Å². The molecule has 0 spiro atoms. The number of nitrogens with one attached hydrogen (secondary N) is 2. The van der Waals surface area contributed by atoms with Crippen LogP contribution in [0.5, 0.6) is 0 Å². The number of anilines is 4. The lowest BCUT2D eigenvalue weighted by Gasteiger charge is -2.09. The first-order chi connectivity index (χ1) is 11.1. The van der Waals surface area contributed by atoms with E-state index in [0.29, 0.717) is 32.5 Å². The van der Waals surface area contributed by atoms with Gasteiger partial charge in [0.15, 0.2) is 5.82 Å². The quantitative estimate of drug-likeness (QED) is 0.654. The molecule has 0 atom stereocenters. The summed E-state index contributed by atoms with van der Waals surface area (Å²) in [4.78, 5) is 4.32. The van der Waals surface area contributed by atoms with Gasteiger partial charge in [0.25, 0.3) is 0 Å². The van der Waals surface area contributed by atoms with Gasteiger partial charge in [-0.3, -0.25) is 0 Å². The first-order valence-corrected chi connectivity index (χ1v) is 7.68. The molecule has 0 aliphatic carbocycles. The average molecular weight is 367 g/mol. The molecule has 0 fully saturated rings. The molecule has 1 aromatic heterocycles. The predicted octanol–water partition coefficient (Wildman–Crippen LogP) is 5.32. The van der Waals surface area contributed by atoms with Crippen molar-refractivity contribution in [3.8, 4) is 0 Å². The molecule has 0 radical (unpaired) electrons. The predicted molar refractivity (Wildman–Crippen MR) is 94.3 cm³/mol. The van der Waals surface area contributed by atoms with Crippen LogP contribution in [-0.2, 0) is 0 Å². The van der Waals surface area contributed by atoms with Crippen molar-refractivity contribution in [2.45, 2.75) is 0 Å². The minimum absolute atomic E-state index is 0.306. The molecule has 116 valence electrons. The van der Waals surface area contributed by atoms with E-state index in [0.717, 1.165) is 5.69 Å². The lowest BCUT2D eigenvalue weighted by Crippen LogP contribution is -2.02. The number of rotatable bonds is 4. The van der Waals surface area contributed by atoms with Crippen LogP contribution in [0.2, 0.25) is 15.1 Å². The third-order valence-electron chi connectivity index (χ3n) is 2.81. The third kappa shape index (κ3) is 4.22. The maximum absolute atomic E-state index is 6.11. The third-order valence-corrected chi connectivity index (χ3v) is 3.58. The zero-order valence-electron chi connectivity index (χ0n) is 11.6. The second-order valence-corrected chi connectivity index (χ2v) is 5.83. The molecule has 0 aliphatic heterocycles. The molecule has 0 saturated carbocycles. The first kappa shape index (κ1) is 15.8. The molecule has 2 aromatic carbocycles. The molecule has 3 aromatic rings. The normalized spacial score (nSPS) is 10.4. The number of para-hydroxylation sites is 1. The van der Waals surface area contributed by atoms with Gasteiger partial charge in [0, 0.05) is 15.7 Å². The number of halogens is 3. The molecule has 0 unspecified atom stereocenters. The van der Waals surface area contributed by atoms with Gasteiger partial charge in [-0.15, -0.1) is 5.10 Å². The number of benzene rings is 2. The SMILES string of the molecule is Clc1cc(Cl)cc(Nc2nncc(Nc3ccccc3Cl)n2)c1. The maximum Gasteiger partial charge on any atom is 0.249 e. The van der Waals surface area contributed by atoms with Gasteiger partial charge in [-0.1, -0.05) is 46.9 Å². The largest absolute Gasteiger partial charge is 0.338 e. The summed E-state index contributed by atoms with van der Waals surface area (Å²) >= 11 is 18.0. The van der Waals surface area contributed by atoms with Crippen molar-refractivity contribution in [1.29, 1.82) is 0 Å². The molecule has 0 bridgehead atoms. The van der Waals surface area contributed by atoms with Crippen LogP contribution in [-0.4, -0.2) is 15.2 Å². The Morgan fingerprint density at radius 3 is 2.35 bits per heavy atom. The number of hydrogen-bond donors (Lipinski definition) is 2. The molecule has 0 saturated heterocycles. The van der Waals surface area contributed by atoms with E-state index in [4.69, 9.17) is 34.8 Å². The Hall–Kier alpha value is -2.08. The van der Waals surface area contributed by atoms with Crippen molar-refractivity contribution in [1.82, 2.24) is 15.2 Å². The van der Waals surface area contributed by atoms with Crippen molar-refractivity contribution in [2.75, 3.05) is 10.6 Å². The minimum Gasteiger partial charge on any atom is -0.338 e. The van der Waals surface area contributed by atoms with Crippen LogP contribution < -0.4 is 10.6 Å². The van der Waals surface area contributed by atoms with Crippen molar-refractivity contribution in [3.05, 3.63) is 63.7 Å². The van der Waals surface area contributed by atoms with E-state index < -0.39 is 0 Å². The van der Waals surface area contributed by atoms with Crippen LogP contribution in [0.15, 0.2) is 48.7 Å². The summed E-state index contributed by atoms with van der Waals surface area (Å²) in [6.07, 6.45) is 1.50. The lowest BCUT2D eigenvalue weighted by molar-refractivity contribution is 0.982. The highest BCUT2D eigenvalue weighted by Gasteiger charge is 2.05. The van der Waals surface area contributed by atoms with Gasteiger partial charge < -0.3 is 10.6 Å². The number of hydrogen-bond acceptors (Lipinski definition) is 5. The van der Waals surface area contributed by atoms with Gasteiger partial charge in [-0.05, 0) is 30.3 Å². The Morgan fingerprint density at radius 1 is 0.870 bits per heavy atom. The summed E-state index contributed by atoms with van der Waals surface area (Å²) in [5, 5.41) is 15.5. The van der Waals surface area contributed by atoms with Crippen LogP contribution in [0.1, 0.15) is 0 Å². The van der Waals surface area contributed by atoms with E-state index in [-0.39, 0.29) is 0 Å². The fourth-order valence-electron chi connectivity index (χ4n) is 1.87. The van der Waals surface area contributed by atoms with Crippen LogP contribution >= 0.6 is 34.8 Å². The minimum atomic E-state index is 0.306. The van der Waals surface area contributed by atoms with Gasteiger partial charge in [0.05, 0.1) is 16.9 Å². The smallest absolute Gasteiger partial charge is 0.249 e. The maximum atomic E-state index is 6.11. The Morgan fingerprint density at radius 2 is 1.61 bits per heavy atom. The summed E-state index contributed by atoms with van der Waals surface area (Å²) < 4.78 is 0. The van der Waals surface area contributed by atoms with Gasteiger partial charge in [-0.25, -0.2) is 0 Å². The van der Waals surface area contributed by atoms with Crippen molar-refractivity contribution in [3.63, 3.8) is 0 Å². The standard InChI is InChI=1S/C15H10Cl3N5/c16-9-5-10(17)7-11(6-9)20-15-22-14(8-19-23-15)21-13-4-2-1-3-12(13)18/h1-8H,(H2,20,21,22,23). The average Bonchev–Trinajstić information content (AvgIpc) is 2.49. The van der Waals surface area contributed by atoms with Gasteiger partial charge in [0.2, 0.25) is 5.95 Å². The monoisotopic (exact) mass is 365 g/mol. The topological polar surface area (TPSA) is 62.7 Å². The first-order valence-electron chi connectivity index (χ1n) is 6.54. The molecule has 5 nitrogen and oxygen atoms in total. The Kier molecular flexibility index (Phi) is 4.81.